The molecule has 0 spiro atoms. The first kappa shape index (κ1) is 20.1. The quantitative estimate of drug-likeness (QED) is 0.553. The molecule has 5 nitrogen and oxygen atoms in total. The standard InChI is InChI=1S/C16H13ClF3N3O2S2/c1-7(27-15-22-12-6-26-5-9(12)14(25)23-15)13(24)21-8-2-3-11(17)10(4-8)16(18,19)20/h2-4,7H,5-6H2,1H3,(H,21,24)(H,22,23,25). The lowest BCUT2D eigenvalue weighted by atomic mass is 10.2. The molecule has 2 N–H and O–H groups in total. The maximum atomic E-state index is 12.9. The van der Waals surface area contributed by atoms with Crippen molar-refractivity contribution in [2.24, 2.45) is 0 Å². The van der Waals surface area contributed by atoms with Crippen molar-refractivity contribution in [2.45, 2.75) is 35.0 Å². The third-order valence-electron chi connectivity index (χ3n) is 3.76. The van der Waals surface area contributed by atoms with Gasteiger partial charge in [-0.1, -0.05) is 23.4 Å². The molecule has 1 aromatic carbocycles. The van der Waals surface area contributed by atoms with E-state index in [1.807, 2.05) is 0 Å². The third kappa shape index (κ3) is 4.61. The summed E-state index contributed by atoms with van der Waals surface area (Å²) in [5, 5.41) is 1.59. The van der Waals surface area contributed by atoms with Gasteiger partial charge in [0.05, 0.1) is 21.5 Å². The van der Waals surface area contributed by atoms with Gasteiger partial charge in [0.25, 0.3) is 5.56 Å². The predicted octanol–water partition coefficient (Wildman–Crippen LogP) is 4.31. The summed E-state index contributed by atoms with van der Waals surface area (Å²) in [6.07, 6.45) is -4.62. The molecule has 27 heavy (non-hydrogen) atoms. The lowest BCUT2D eigenvalue weighted by molar-refractivity contribution is -0.137. The molecule has 0 radical (unpaired) electrons. The summed E-state index contributed by atoms with van der Waals surface area (Å²) in [5.41, 5.74) is 0.0710. The molecule has 0 saturated heterocycles. The molecular formula is C16H13ClF3N3O2S2. The van der Waals surface area contributed by atoms with Crippen molar-refractivity contribution >= 4 is 46.7 Å². The van der Waals surface area contributed by atoms with Gasteiger partial charge in [-0.3, -0.25) is 9.59 Å². The molecule has 11 heteroatoms. The summed E-state index contributed by atoms with van der Waals surface area (Å²) in [6.45, 7) is 1.57. The highest BCUT2D eigenvalue weighted by Gasteiger charge is 2.33. The van der Waals surface area contributed by atoms with Crippen LogP contribution in [0.25, 0.3) is 0 Å². The van der Waals surface area contributed by atoms with Crippen LogP contribution in [-0.2, 0) is 22.5 Å². The summed E-state index contributed by atoms with van der Waals surface area (Å²) in [5.74, 6) is 0.725. The molecule has 1 atom stereocenters. The number of hydrogen-bond acceptors (Lipinski definition) is 5. The molecule has 2 aromatic rings. The Morgan fingerprint density at radius 3 is 2.85 bits per heavy atom. The van der Waals surface area contributed by atoms with Crippen LogP contribution in [0.3, 0.4) is 0 Å². The van der Waals surface area contributed by atoms with Crippen molar-refractivity contribution in [3.63, 3.8) is 0 Å². The topological polar surface area (TPSA) is 74.8 Å². The van der Waals surface area contributed by atoms with E-state index in [0.29, 0.717) is 27.9 Å². The average molecular weight is 436 g/mol. The van der Waals surface area contributed by atoms with Crippen LogP contribution in [0.4, 0.5) is 18.9 Å². The summed E-state index contributed by atoms with van der Waals surface area (Å²) in [4.78, 5) is 31.3. The Hall–Kier alpha value is -1.65. The minimum Gasteiger partial charge on any atom is -0.325 e. The number of nitrogens with one attached hydrogen (secondary N) is 2. The number of alkyl halides is 3. The number of aromatic nitrogens is 2. The molecule has 2 heterocycles. The van der Waals surface area contributed by atoms with Crippen LogP contribution < -0.4 is 10.9 Å². The smallest absolute Gasteiger partial charge is 0.325 e. The number of halogens is 4. The van der Waals surface area contributed by atoms with Gasteiger partial charge in [0, 0.05) is 22.8 Å². The number of aromatic amines is 1. The van der Waals surface area contributed by atoms with Gasteiger partial charge in [-0.15, -0.1) is 0 Å². The Morgan fingerprint density at radius 2 is 2.15 bits per heavy atom. The van der Waals surface area contributed by atoms with Crippen LogP contribution in [0.2, 0.25) is 5.02 Å². The van der Waals surface area contributed by atoms with Crippen LogP contribution >= 0.6 is 35.1 Å². The zero-order valence-electron chi connectivity index (χ0n) is 13.8. The third-order valence-corrected chi connectivity index (χ3v) is 6.05. The molecule has 0 fully saturated rings. The number of carbonyl (C=O) groups is 1. The monoisotopic (exact) mass is 435 g/mol. The second-order valence-electron chi connectivity index (χ2n) is 5.73. The molecule has 1 amide bonds. The van der Waals surface area contributed by atoms with Crippen LogP contribution in [0.15, 0.2) is 28.2 Å². The highest BCUT2D eigenvalue weighted by atomic mass is 35.5. The van der Waals surface area contributed by atoms with Gasteiger partial charge >= 0.3 is 6.18 Å². The molecular weight excluding hydrogens is 423 g/mol. The summed E-state index contributed by atoms with van der Waals surface area (Å²) in [7, 11) is 0. The highest BCUT2D eigenvalue weighted by molar-refractivity contribution is 8.00. The molecule has 0 aliphatic carbocycles. The zero-order chi connectivity index (χ0) is 19.8. The number of thioether (sulfide) groups is 2. The van der Waals surface area contributed by atoms with Gasteiger partial charge in [0.2, 0.25) is 5.91 Å². The van der Waals surface area contributed by atoms with Crippen molar-refractivity contribution in [3.8, 4) is 0 Å². The highest BCUT2D eigenvalue weighted by Crippen LogP contribution is 2.36. The van der Waals surface area contributed by atoms with Crippen molar-refractivity contribution in [1.82, 2.24) is 9.97 Å². The van der Waals surface area contributed by atoms with Crippen molar-refractivity contribution in [1.29, 1.82) is 0 Å². The number of benzene rings is 1. The first-order valence-electron chi connectivity index (χ1n) is 7.69. The molecule has 3 rings (SSSR count). The van der Waals surface area contributed by atoms with E-state index >= 15 is 0 Å². The Labute approximate surface area is 165 Å². The molecule has 0 saturated carbocycles. The van der Waals surface area contributed by atoms with Gasteiger partial charge in [-0.25, -0.2) is 4.98 Å². The molecule has 144 valence electrons. The normalized spacial score (nSPS) is 14.7. The maximum Gasteiger partial charge on any atom is 0.417 e. The van der Waals surface area contributed by atoms with Crippen LogP contribution in [0.1, 0.15) is 23.7 Å². The van der Waals surface area contributed by atoms with E-state index in [1.54, 1.807) is 18.7 Å². The summed E-state index contributed by atoms with van der Waals surface area (Å²) in [6, 6.07) is 3.15. The molecule has 0 bridgehead atoms. The van der Waals surface area contributed by atoms with Gasteiger partial charge in [0.15, 0.2) is 5.16 Å². The molecule has 1 aliphatic rings. The number of carbonyl (C=O) groups excluding carboxylic acids is 1. The van der Waals surface area contributed by atoms with Crippen LogP contribution in [-0.4, -0.2) is 21.1 Å². The number of fused-ring (bicyclic) bond motifs is 1. The van der Waals surface area contributed by atoms with Crippen molar-refractivity contribution < 1.29 is 18.0 Å². The number of hydrogen-bond donors (Lipinski definition) is 2. The zero-order valence-corrected chi connectivity index (χ0v) is 16.2. The molecule has 1 aromatic heterocycles. The van der Waals surface area contributed by atoms with Crippen LogP contribution in [0.5, 0.6) is 0 Å². The minimum absolute atomic E-state index is 0.0176. The van der Waals surface area contributed by atoms with Gasteiger partial charge in [0.1, 0.15) is 0 Å². The Morgan fingerprint density at radius 1 is 1.41 bits per heavy atom. The number of H-pyrrole nitrogens is 1. The Kier molecular flexibility index (Phi) is 5.78. The predicted molar refractivity (Wildman–Crippen MR) is 100 cm³/mol. The Bertz CT molecular complexity index is 949. The fourth-order valence-corrected chi connectivity index (χ4v) is 4.46. The maximum absolute atomic E-state index is 12.9. The number of anilines is 1. The van der Waals surface area contributed by atoms with E-state index in [4.69, 9.17) is 11.6 Å². The SMILES string of the molecule is CC(Sc1nc2c(c(=O)[nH]1)CSC2)C(=O)Nc1ccc(Cl)c(C(F)(F)F)c1. The van der Waals surface area contributed by atoms with Crippen LogP contribution in [0, 0.1) is 0 Å². The molecule has 1 unspecified atom stereocenters. The van der Waals surface area contributed by atoms with Gasteiger partial charge in [-0.2, -0.15) is 24.9 Å². The number of rotatable bonds is 4. The fraction of sp³-hybridized carbons (Fsp3) is 0.312. The first-order valence-corrected chi connectivity index (χ1v) is 10.1. The molecule has 1 aliphatic heterocycles. The lowest BCUT2D eigenvalue weighted by Gasteiger charge is -2.14. The van der Waals surface area contributed by atoms with Crippen molar-refractivity contribution in [2.75, 3.05) is 5.32 Å². The van der Waals surface area contributed by atoms with Gasteiger partial charge in [-0.05, 0) is 25.1 Å². The van der Waals surface area contributed by atoms with E-state index in [2.05, 4.69) is 15.3 Å². The summed E-state index contributed by atoms with van der Waals surface area (Å²) < 4.78 is 38.7. The average Bonchev–Trinajstić information content (AvgIpc) is 3.04. The van der Waals surface area contributed by atoms with E-state index in [0.717, 1.165) is 23.9 Å². The second-order valence-corrected chi connectivity index (χ2v) is 8.45. The number of amides is 1. The van der Waals surface area contributed by atoms with E-state index < -0.39 is 27.9 Å². The van der Waals surface area contributed by atoms with E-state index in [-0.39, 0.29) is 11.2 Å². The van der Waals surface area contributed by atoms with E-state index in [9.17, 15) is 22.8 Å². The summed E-state index contributed by atoms with van der Waals surface area (Å²) >= 11 is 8.18. The van der Waals surface area contributed by atoms with Crippen molar-refractivity contribution in [3.05, 3.63) is 50.4 Å². The largest absolute Gasteiger partial charge is 0.417 e. The fourth-order valence-electron chi connectivity index (χ4n) is 2.38. The minimum atomic E-state index is -4.62. The van der Waals surface area contributed by atoms with E-state index in [1.165, 1.54) is 6.07 Å². The lowest BCUT2D eigenvalue weighted by Crippen LogP contribution is -2.24. The second kappa shape index (κ2) is 7.76. The first-order chi connectivity index (χ1) is 12.6. The Balaban J connectivity index is 1.72. The van der Waals surface area contributed by atoms with Gasteiger partial charge < -0.3 is 10.3 Å². The number of nitrogens with zero attached hydrogens (tertiary/aromatic N) is 1.